The van der Waals surface area contributed by atoms with Gasteiger partial charge in [-0.3, -0.25) is 4.79 Å². The number of carbonyl (C=O) groups is 1. The van der Waals surface area contributed by atoms with Gasteiger partial charge in [0.1, 0.15) is 4.90 Å². The average molecular weight is 436 g/mol. The van der Waals surface area contributed by atoms with Crippen molar-refractivity contribution in [2.45, 2.75) is 31.2 Å². The largest absolute Gasteiger partial charge is 0.321 e. The van der Waals surface area contributed by atoms with Crippen LogP contribution in [-0.2, 0) is 10.0 Å². The molecule has 1 amide bonds. The van der Waals surface area contributed by atoms with Crippen molar-refractivity contribution in [3.8, 4) is 0 Å². The van der Waals surface area contributed by atoms with Gasteiger partial charge in [-0.1, -0.05) is 40.9 Å². The predicted molar refractivity (Wildman–Crippen MR) is 106 cm³/mol. The van der Waals surface area contributed by atoms with Crippen LogP contribution in [0.15, 0.2) is 41.3 Å². The monoisotopic (exact) mass is 434 g/mol. The first-order valence-electron chi connectivity index (χ1n) is 7.49. The molecule has 9 heteroatoms. The minimum Gasteiger partial charge on any atom is -0.321 e. The molecular formula is C17H17Cl3N2O3S. The van der Waals surface area contributed by atoms with Gasteiger partial charge >= 0.3 is 0 Å². The summed E-state index contributed by atoms with van der Waals surface area (Å²) in [6, 6.07) is 8.80. The van der Waals surface area contributed by atoms with E-state index in [1.165, 1.54) is 18.2 Å². The third-order valence-electron chi connectivity index (χ3n) is 3.12. The van der Waals surface area contributed by atoms with Gasteiger partial charge in [0.15, 0.2) is 0 Å². The minimum atomic E-state index is -3.90. The van der Waals surface area contributed by atoms with Gasteiger partial charge < -0.3 is 5.32 Å². The van der Waals surface area contributed by atoms with Crippen molar-refractivity contribution in [2.24, 2.45) is 0 Å². The Morgan fingerprint density at radius 2 is 1.65 bits per heavy atom. The number of rotatable bonds is 4. The second-order valence-corrected chi connectivity index (χ2v) is 9.40. The Kier molecular flexibility index (Phi) is 6.25. The zero-order valence-corrected chi connectivity index (χ0v) is 17.3. The fourth-order valence-corrected chi connectivity index (χ4v) is 4.40. The van der Waals surface area contributed by atoms with Crippen LogP contribution in [0.5, 0.6) is 0 Å². The first-order valence-corrected chi connectivity index (χ1v) is 10.1. The van der Waals surface area contributed by atoms with E-state index in [4.69, 9.17) is 34.8 Å². The summed E-state index contributed by atoms with van der Waals surface area (Å²) >= 11 is 18.0. The standard InChI is InChI=1S/C17H17Cl3N2O3S/c1-17(2,3)22-26(24,25)14-9-10(7-8-11(14)18)16(23)21-13-6-4-5-12(19)15(13)20/h4-9,22H,1-3H3,(H,21,23). The second kappa shape index (κ2) is 7.74. The summed E-state index contributed by atoms with van der Waals surface area (Å²) < 4.78 is 27.6. The van der Waals surface area contributed by atoms with Crippen LogP contribution in [0.3, 0.4) is 0 Å². The molecule has 0 saturated carbocycles. The van der Waals surface area contributed by atoms with Gasteiger partial charge in [-0.05, 0) is 51.1 Å². The molecule has 0 atom stereocenters. The molecule has 0 aliphatic carbocycles. The summed E-state index contributed by atoms with van der Waals surface area (Å²) in [5.41, 5.74) is -0.273. The molecule has 26 heavy (non-hydrogen) atoms. The Morgan fingerprint density at radius 3 is 2.27 bits per heavy atom. The molecule has 0 unspecified atom stereocenters. The molecule has 0 fully saturated rings. The van der Waals surface area contributed by atoms with Gasteiger partial charge in [0.2, 0.25) is 10.0 Å². The van der Waals surface area contributed by atoms with E-state index >= 15 is 0 Å². The predicted octanol–water partition coefficient (Wildman–Crippen LogP) is 4.98. The third-order valence-corrected chi connectivity index (χ3v) is 6.18. The zero-order valence-electron chi connectivity index (χ0n) is 14.2. The van der Waals surface area contributed by atoms with Crippen molar-refractivity contribution in [2.75, 3.05) is 5.32 Å². The van der Waals surface area contributed by atoms with Crippen molar-refractivity contribution in [1.29, 1.82) is 0 Å². The Morgan fingerprint density at radius 1 is 1.00 bits per heavy atom. The summed E-state index contributed by atoms with van der Waals surface area (Å²) in [4.78, 5) is 12.3. The van der Waals surface area contributed by atoms with E-state index in [1.54, 1.807) is 39.0 Å². The van der Waals surface area contributed by atoms with Crippen LogP contribution in [-0.4, -0.2) is 19.9 Å². The maximum absolute atomic E-state index is 12.5. The van der Waals surface area contributed by atoms with Gasteiger partial charge in [-0.2, -0.15) is 0 Å². The smallest absolute Gasteiger partial charge is 0.255 e. The molecule has 0 aliphatic heterocycles. The highest BCUT2D eigenvalue weighted by Gasteiger charge is 2.25. The lowest BCUT2D eigenvalue weighted by atomic mass is 10.1. The van der Waals surface area contributed by atoms with Crippen LogP contribution in [0.4, 0.5) is 5.69 Å². The van der Waals surface area contributed by atoms with E-state index in [1.807, 2.05) is 0 Å². The number of nitrogens with one attached hydrogen (secondary N) is 2. The third kappa shape index (κ3) is 5.11. The first-order chi connectivity index (χ1) is 11.9. The van der Waals surface area contributed by atoms with Gasteiger partial charge in [0.05, 0.1) is 20.8 Å². The number of carbonyl (C=O) groups excluding carboxylic acids is 1. The van der Waals surface area contributed by atoms with E-state index in [2.05, 4.69) is 10.0 Å². The highest BCUT2D eigenvalue weighted by Crippen LogP contribution is 2.30. The molecule has 140 valence electrons. The van der Waals surface area contributed by atoms with E-state index in [0.717, 1.165) is 0 Å². The van der Waals surface area contributed by atoms with Crippen molar-refractivity contribution in [3.63, 3.8) is 0 Å². The Hall–Kier alpha value is -1.31. The lowest BCUT2D eigenvalue weighted by molar-refractivity contribution is 0.102. The number of amides is 1. The van der Waals surface area contributed by atoms with Crippen molar-refractivity contribution < 1.29 is 13.2 Å². The minimum absolute atomic E-state index is 0.0130. The molecule has 2 aromatic carbocycles. The van der Waals surface area contributed by atoms with Crippen LogP contribution in [0, 0.1) is 0 Å². The topological polar surface area (TPSA) is 75.3 Å². The SMILES string of the molecule is CC(C)(C)NS(=O)(=O)c1cc(C(=O)Nc2cccc(Cl)c2Cl)ccc1Cl. The van der Waals surface area contributed by atoms with Gasteiger partial charge in [0.25, 0.3) is 5.91 Å². The first kappa shape index (κ1) is 21.0. The second-order valence-electron chi connectivity index (χ2n) is 6.56. The molecule has 0 aromatic heterocycles. The average Bonchev–Trinajstić information content (AvgIpc) is 2.49. The van der Waals surface area contributed by atoms with Crippen molar-refractivity contribution in [1.82, 2.24) is 4.72 Å². The highest BCUT2D eigenvalue weighted by atomic mass is 35.5. The van der Waals surface area contributed by atoms with E-state index in [0.29, 0.717) is 10.7 Å². The lowest BCUT2D eigenvalue weighted by Crippen LogP contribution is -2.40. The number of anilines is 1. The molecule has 0 radical (unpaired) electrons. The molecule has 2 aromatic rings. The van der Waals surface area contributed by atoms with Crippen molar-refractivity contribution in [3.05, 3.63) is 57.0 Å². The summed E-state index contributed by atoms with van der Waals surface area (Å²) in [5.74, 6) is -0.543. The molecule has 2 N–H and O–H groups in total. The number of benzene rings is 2. The van der Waals surface area contributed by atoms with E-state index < -0.39 is 21.5 Å². The van der Waals surface area contributed by atoms with Crippen LogP contribution >= 0.6 is 34.8 Å². The van der Waals surface area contributed by atoms with Gasteiger partial charge in [-0.15, -0.1) is 0 Å². The molecule has 5 nitrogen and oxygen atoms in total. The van der Waals surface area contributed by atoms with Crippen molar-refractivity contribution >= 4 is 56.4 Å². The maximum Gasteiger partial charge on any atom is 0.255 e. The summed E-state index contributed by atoms with van der Waals surface area (Å²) in [6.45, 7) is 5.11. The van der Waals surface area contributed by atoms with Crippen LogP contribution in [0.25, 0.3) is 0 Å². The summed E-state index contributed by atoms with van der Waals surface area (Å²) in [7, 11) is -3.90. The van der Waals surface area contributed by atoms with E-state index in [9.17, 15) is 13.2 Å². The Labute approximate surface area is 167 Å². The maximum atomic E-state index is 12.5. The fraction of sp³-hybridized carbons (Fsp3) is 0.235. The number of halogens is 3. The zero-order chi connectivity index (χ0) is 19.7. The number of sulfonamides is 1. The fourth-order valence-electron chi connectivity index (χ4n) is 2.10. The summed E-state index contributed by atoms with van der Waals surface area (Å²) in [6.07, 6.45) is 0. The van der Waals surface area contributed by atoms with Crippen LogP contribution in [0.2, 0.25) is 15.1 Å². The molecule has 0 aliphatic rings. The molecule has 0 bridgehead atoms. The van der Waals surface area contributed by atoms with Gasteiger partial charge in [-0.25, -0.2) is 13.1 Å². The number of hydrogen-bond donors (Lipinski definition) is 2. The molecule has 2 rings (SSSR count). The van der Waals surface area contributed by atoms with Gasteiger partial charge in [0, 0.05) is 11.1 Å². The highest BCUT2D eigenvalue weighted by molar-refractivity contribution is 7.89. The quantitative estimate of drug-likeness (QED) is 0.711. The number of hydrogen-bond acceptors (Lipinski definition) is 3. The summed E-state index contributed by atoms with van der Waals surface area (Å²) in [5, 5.41) is 3.10. The Bertz CT molecular complexity index is 954. The molecule has 0 heterocycles. The van der Waals surface area contributed by atoms with E-state index in [-0.39, 0.29) is 20.5 Å². The molecule has 0 spiro atoms. The molecule has 0 saturated heterocycles. The Balaban J connectivity index is 2.37. The molecular weight excluding hydrogens is 419 g/mol. The van der Waals surface area contributed by atoms with Crippen LogP contribution in [0.1, 0.15) is 31.1 Å². The normalized spacial score (nSPS) is 12.1. The van der Waals surface area contributed by atoms with Crippen LogP contribution < -0.4 is 10.0 Å². The lowest BCUT2D eigenvalue weighted by Gasteiger charge is -2.21.